The van der Waals surface area contributed by atoms with Gasteiger partial charge in [-0.05, 0) is 40.2 Å². The number of nitrogen functional groups attached to an aromatic ring is 1. The summed E-state index contributed by atoms with van der Waals surface area (Å²) in [6, 6.07) is 7.91. The summed E-state index contributed by atoms with van der Waals surface area (Å²) in [5.41, 5.74) is 5.96. The van der Waals surface area contributed by atoms with Crippen LogP contribution in [0.15, 0.2) is 44.3 Å². The molecular weight excluding hydrogens is 424 g/mol. The van der Waals surface area contributed by atoms with E-state index in [1.165, 1.54) is 24.4 Å². The van der Waals surface area contributed by atoms with Crippen molar-refractivity contribution < 1.29 is 8.42 Å². The number of nitrogens with zero attached hydrogens (tertiary/aromatic N) is 2. The monoisotopic (exact) mass is 430 g/mol. The number of aromatic nitrogens is 1. The van der Waals surface area contributed by atoms with E-state index in [1.54, 1.807) is 6.07 Å². The van der Waals surface area contributed by atoms with E-state index in [0.717, 1.165) is 0 Å². The van der Waals surface area contributed by atoms with Crippen molar-refractivity contribution in [3.8, 4) is 6.07 Å². The number of pyridine rings is 1. The molecule has 0 saturated heterocycles. The molecule has 0 spiro atoms. The number of anilines is 2. The van der Waals surface area contributed by atoms with Gasteiger partial charge in [-0.25, -0.2) is 13.4 Å². The Hall–Kier alpha value is -1.63. The molecule has 3 N–H and O–H groups in total. The fourth-order valence-corrected chi connectivity index (χ4v) is 3.57. The summed E-state index contributed by atoms with van der Waals surface area (Å²) >= 11 is 6.37. The van der Waals surface area contributed by atoms with E-state index >= 15 is 0 Å². The smallest absolute Gasteiger partial charge is 0.265 e. The Morgan fingerprint density at radius 2 is 1.95 bits per heavy atom. The predicted octanol–water partition coefficient (Wildman–Crippen LogP) is 2.86. The van der Waals surface area contributed by atoms with Gasteiger partial charge in [0.05, 0.1) is 11.3 Å². The summed E-state index contributed by atoms with van der Waals surface area (Å²) in [7, 11) is -3.96. The number of nitrogens with one attached hydrogen (secondary N) is 1. The van der Waals surface area contributed by atoms with Gasteiger partial charge in [-0.1, -0.05) is 15.9 Å². The summed E-state index contributed by atoms with van der Waals surface area (Å²) < 4.78 is 28.2. The minimum absolute atomic E-state index is 0.126. The number of nitrogens with two attached hydrogens (primary N) is 1. The lowest BCUT2D eigenvalue weighted by Gasteiger charge is -2.11. The number of nitriles is 1. The molecule has 0 atom stereocenters. The highest BCUT2D eigenvalue weighted by molar-refractivity contribution is 9.10. The molecular formula is C12H8Br2N4O2S. The molecule has 0 unspecified atom stereocenters. The van der Waals surface area contributed by atoms with Crippen LogP contribution < -0.4 is 10.5 Å². The minimum atomic E-state index is -3.96. The summed E-state index contributed by atoms with van der Waals surface area (Å²) in [6.07, 6.45) is 1.40. The highest BCUT2D eigenvalue weighted by atomic mass is 79.9. The van der Waals surface area contributed by atoms with E-state index in [9.17, 15) is 8.42 Å². The van der Waals surface area contributed by atoms with Crippen LogP contribution in [0, 0.1) is 11.3 Å². The lowest BCUT2D eigenvalue weighted by Crippen LogP contribution is -2.16. The Morgan fingerprint density at radius 1 is 1.24 bits per heavy atom. The standard InChI is InChI=1S/C12H8Br2N4O2S/c13-8-2-1-7(5-15)10(3-8)18-21(19,20)11-4-9(14)6-17-12(11)16/h1-4,6,18H,(H2,16,17). The quantitative estimate of drug-likeness (QED) is 0.776. The number of rotatable bonds is 3. The lowest BCUT2D eigenvalue weighted by molar-refractivity contribution is 0.601. The molecule has 0 aliphatic carbocycles. The minimum Gasteiger partial charge on any atom is -0.383 e. The Labute approximate surface area is 138 Å². The number of sulfonamides is 1. The molecule has 0 bridgehead atoms. The van der Waals surface area contributed by atoms with Crippen LogP contribution >= 0.6 is 31.9 Å². The molecule has 0 radical (unpaired) electrons. The van der Waals surface area contributed by atoms with Crippen LogP contribution in [-0.4, -0.2) is 13.4 Å². The van der Waals surface area contributed by atoms with Crippen molar-refractivity contribution in [2.45, 2.75) is 4.90 Å². The van der Waals surface area contributed by atoms with Gasteiger partial charge in [-0.3, -0.25) is 4.72 Å². The third-order valence-electron chi connectivity index (χ3n) is 2.48. The first-order chi connectivity index (χ1) is 9.83. The molecule has 1 heterocycles. The topological polar surface area (TPSA) is 109 Å². The second-order valence-corrected chi connectivity index (χ2v) is 7.43. The van der Waals surface area contributed by atoms with Crippen LogP contribution in [0.3, 0.4) is 0 Å². The van der Waals surface area contributed by atoms with E-state index in [2.05, 4.69) is 41.6 Å². The first-order valence-corrected chi connectivity index (χ1v) is 8.54. The van der Waals surface area contributed by atoms with E-state index < -0.39 is 10.0 Å². The largest absolute Gasteiger partial charge is 0.383 e. The molecule has 108 valence electrons. The van der Waals surface area contributed by atoms with E-state index in [4.69, 9.17) is 11.0 Å². The third kappa shape index (κ3) is 3.53. The van der Waals surface area contributed by atoms with Gasteiger partial charge in [0.1, 0.15) is 16.8 Å². The average molecular weight is 432 g/mol. The Bertz CT molecular complexity index is 847. The van der Waals surface area contributed by atoms with Crippen molar-refractivity contribution in [2.24, 2.45) is 0 Å². The number of benzene rings is 1. The van der Waals surface area contributed by atoms with E-state index in [0.29, 0.717) is 8.95 Å². The Balaban J connectivity index is 2.50. The molecule has 1 aromatic heterocycles. The third-order valence-corrected chi connectivity index (χ3v) is 4.81. The fourth-order valence-electron chi connectivity index (χ4n) is 1.54. The summed E-state index contributed by atoms with van der Waals surface area (Å²) in [6.45, 7) is 0. The van der Waals surface area contributed by atoms with Crippen molar-refractivity contribution in [1.82, 2.24) is 4.98 Å². The molecule has 2 aromatic rings. The lowest BCUT2D eigenvalue weighted by atomic mass is 10.2. The number of halogens is 2. The zero-order valence-electron chi connectivity index (χ0n) is 10.3. The summed E-state index contributed by atoms with van der Waals surface area (Å²) in [4.78, 5) is 3.62. The number of hydrogen-bond acceptors (Lipinski definition) is 5. The Kier molecular flexibility index (Phi) is 4.51. The molecule has 2 rings (SSSR count). The van der Waals surface area contributed by atoms with Crippen LogP contribution in [0.25, 0.3) is 0 Å². The van der Waals surface area contributed by atoms with Gasteiger partial charge in [0, 0.05) is 15.1 Å². The van der Waals surface area contributed by atoms with Gasteiger partial charge >= 0.3 is 0 Å². The molecule has 0 amide bonds. The molecule has 6 nitrogen and oxygen atoms in total. The normalized spacial score (nSPS) is 10.9. The van der Waals surface area contributed by atoms with Gasteiger partial charge in [0.25, 0.3) is 10.0 Å². The molecule has 9 heteroatoms. The van der Waals surface area contributed by atoms with Gasteiger partial charge in [-0.2, -0.15) is 5.26 Å². The van der Waals surface area contributed by atoms with Crippen LogP contribution in [0.2, 0.25) is 0 Å². The zero-order chi connectivity index (χ0) is 15.6. The van der Waals surface area contributed by atoms with Crippen LogP contribution in [0.1, 0.15) is 5.56 Å². The van der Waals surface area contributed by atoms with Crippen LogP contribution in [0.5, 0.6) is 0 Å². The SMILES string of the molecule is N#Cc1ccc(Br)cc1NS(=O)(=O)c1cc(Br)cnc1N. The maximum absolute atomic E-state index is 12.4. The first-order valence-electron chi connectivity index (χ1n) is 5.47. The zero-order valence-corrected chi connectivity index (χ0v) is 14.3. The summed E-state index contributed by atoms with van der Waals surface area (Å²) in [5, 5.41) is 9.03. The van der Waals surface area contributed by atoms with E-state index in [1.807, 2.05) is 6.07 Å². The second kappa shape index (κ2) is 6.01. The van der Waals surface area contributed by atoms with Crippen molar-refractivity contribution in [3.05, 3.63) is 45.0 Å². The molecule has 21 heavy (non-hydrogen) atoms. The van der Waals surface area contributed by atoms with Gasteiger partial charge in [0.15, 0.2) is 0 Å². The molecule has 1 aromatic carbocycles. The van der Waals surface area contributed by atoms with Crippen molar-refractivity contribution in [3.63, 3.8) is 0 Å². The van der Waals surface area contributed by atoms with Crippen molar-refractivity contribution in [2.75, 3.05) is 10.5 Å². The second-order valence-electron chi connectivity index (χ2n) is 3.94. The van der Waals surface area contributed by atoms with Crippen LogP contribution in [-0.2, 0) is 10.0 Å². The van der Waals surface area contributed by atoms with Crippen molar-refractivity contribution >= 4 is 53.4 Å². The fraction of sp³-hybridized carbons (Fsp3) is 0. The van der Waals surface area contributed by atoms with Gasteiger partial charge in [-0.15, -0.1) is 0 Å². The Morgan fingerprint density at radius 3 is 2.62 bits per heavy atom. The molecule has 0 fully saturated rings. The van der Waals surface area contributed by atoms with Gasteiger partial charge < -0.3 is 5.73 Å². The maximum atomic E-state index is 12.4. The van der Waals surface area contributed by atoms with Crippen LogP contribution in [0.4, 0.5) is 11.5 Å². The summed E-state index contributed by atoms with van der Waals surface area (Å²) in [5.74, 6) is -0.126. The first kappa shape index (κ1) is 15.8. The average Bonchev–Trinajstić information content (AvgIpc) is 2.41. The predicted molar refractivity (Wildman–Crippen MR) is 86.0 cm³/mol. The highest BCUT2D eigenvalue weighted by Crippen LogP contribution is 2.26. The maximum Gasteiger partial charge on any atom is 0.265 e. The highest BCUT2D eigenvalue weighted by Gasteiger charge is 2.20. The number of hydrogen-bond donors (Lipinski definition) is 2. The molecule has 0 saturated carbocycles. The molecule has 0 aliphatic rings. The van der Waals surface area contributed by atoms with Crippen molar-refractivity contribution in [1.29, 1.82) is 5.26 Å². The molecule has 0 aliphatic heterocycles. The van der Waals surface area contributed by atoms with E-state index in [-0.39, 0.29) is 22.0 Å². The van der Waals surface area contributed by atoms with Gasteiger partial charge in [0.2, 0.25) is 0 Å².